The molecule has 0 aliphatic heterocycles. The number of nitrogens with zero attached hydrogens (tertiary/aromatic N) is 1. The van der Waals surface area contributed by atoms with Crippen LogP contribution >= 0.6 is 0 Å². The van der Waals surface area contributed by atoms with E-state index in [9.17, 15) is 5.26 Å². The van der Waals surface area contributed by atoms with Crippen molar-refractivity contribution in [1.29, 1.82) is 5.26 Å². The van der Waals surface area contributed by atoms with Gasteiger partial charge in [-0.05, 0) is 56.8 Å². The lowest BCUT2D eigenvalue weighted by atomic mass is 9.74. The Morgan fingerprint density at radius 2 is 1.71 bits per heavy atom. The minimum absolute atomic E-state index is 0.166. The van der Waals surface area contributed by atoms with Crippen LogP contribution in [0.15, 0.2) is 0 Å². The van der Waals surface area contributed by atoms with Crippen LogP contribution in [0.2, 0.25) is 0 Å². The standard InChI is InChI=1S/C15H24N2/c16-11-15(17-14-5-1-2-6-14)9-3-4-13(10-15)12-7-8-12/h12-14,17H,1-10H2. The third-order valence-corrected chi connectivity index (χ3v) is 5.13. The summed E-state index contributed by atoms with van der Waals surface area (Å²) >= 11 is 0. The van der Waals surface area contributed by atoms with Crippen molar-refractivity contribution in [2.24, 2.45) is 11.8 Å². The van der Waals surface area contributed by atoms with E-state index >= 15 is 0 Å². The molecule has 0 aromatic heterocycles. The van der Waals surface area contributed by atoms with E-state index in [2.05, 4.69) is 11.4 Å². The average Bonchev–Trinajstić information content (AvgIpc) is 3.10. The van der Waals surface area contributed by atoms with Crippen LogP contribution in [0.4, 0.5) is 0 Å². The van der Waals surface area contributed by atoms with Gasteiger partial charge in [-0.25, -0.2) is 0 Å². The first kappa shape index (κ1) is 11.5. The first-order chi connectivity index (χ1) is 8.31. The Bertz CT molecular complexity index is 305. The zero-order valence-electron chi connectivity index (χ0n) is 10.8. The molecule has 0 spiro atoms. The molecule has 0 heterocycles. The molecule has 3 saturated carbocycles. The van der Waals surface area contributed by atoms with E-state index in [4.69, 9.17) is 0 Å². The van der Waals surface area contributed by atoms with Crippen molar-refractivity contribution in [2.75, 3.05) is 0 Å². The molecular weight excluding hydrogens is 208 g/mol. The predicted molar refractivity (Wildman–Crippen MR) is 68.4 cm³/mol. The van der Waals surface area contributed by atoms with Gasteiger partial charge in [-0.3, -0.25) is 5.32 Å². The van der Waals surface area contributed by atoms with Gasteiger partial charge in [-0.15, -0.1) is 0 Å². The third-order valence-electron chi connectivity index (χ3n) is 5.13. The molecule has 0 amide bonds. The zero-order valence-corrected chi connectivity index (χ0v) is 10.8. The highest BCUT2D eigenvalue weighted by molar-refractivity contribution is 5.12. The summed E-state index contributed by atoms with van der Waals surface area (Å²) in [6, 6.07) is 3.28. The molecule has 94 valence electrons. The van der Waals surface area contributed by atoms with Crippen molar-refractivity contribution in [1.82, 2.24) is 5.32 Å². The van der Waals surface area contributed by atoms with Gasteiger partial charge in [-0.1, -0.05) is 19.3 Å². The molecule has 3 aliphatic rings. The Balaban J connectivity index is 1.65. The summed E-state index contributed by atoms with van der Waals surface area (Å²) < 4.78 is 0. The Morgan fingerprint density at radius 1 is 0.941 bits per heavy atom. The van der Waals surface area contributed by atoms with Gasteiger partial charge in [0.05, 0.1) is 6.07 Å². The molecule has 2 nitrogen and oxygen atoms in total. The van der Waals surface area contributed by atoms with E-state index in [1.54, 1.807) is 0 Å². The van der Waals surface area contributed by atoms with E-state index in [0.717, 1.165) is 24.7 Å². The summed E-state index contributed by atoms with van der Waals surface area (Å²) in [5.41, 5.74) is -0.166. The van der Waals surface area contributed by atoms with Crippen LogP contribution in [0.1, 0.15) is 64.2 Å². The second-order valence-corrected chi connectivity index (χ2v) is 6.51. The van der Waals surface area contributed by atoms with Gasteiger partial charge < -0.3 is 0 Å². The van der Waals surface area contributed by atoms with Crippen LogP contribution < -0.4 is 5.32 Å². The fourth-order valence-electron chi connectivity index (χ4n) is 4.01. The Kier molecular flexibility index (Phi) is 3.13. The lowest BCUT2D eigenvalue weighted by Gasteiger charge is -2.38. The Hall–Kier alpha value is -0.550. The molecule has 2 unspecified atom stereocenters. The maximum absolute atomic E-state index is 9.61. The van der Waals surface area contributed by atoms with Gasteiger partial charge >= 0.3 is 0 Å². The van der Waals surface area contributed by atoms with Crippen LogP contribution in [0.5, 0.6) is 0 Å². The SMILES string of the molecule is N#CC1(NC2CCCC2)CCCC(C2CC2)C1. The molecule has 17 heavy (non-hydrogen) atoms. The maximum Gasteiger partial charge on any atom is 0.107 e. The van der Waals surface area contributed by atoms with Gasteiger partial charge in [0.25, 0.3) is 0 Å². The third kappa shape index (κ3) is 2.50. The predicted octanol–water partition coefficient (Wildman–Crippen LogP) is 3.38. The van der Waals surface area contributed by atoms with Crippen LogP contribution in [-0.4, -0.2) is 11.6 Å². The Labute approximate surface area is 105 Å². The number of hydrogen-bond donors (Lipinski definition) is 1. The van der Waals surface area contributed by atoms with Crippen molar-refractivity contribution < 1.29 is 0 Å². The maximum atomic E-state index is 9.61. The van der Waals surface area contributed by atoms with Crippen molar-refractivity contribution in [3.05, 3.63) is 0 Å². The lowest BCUT2D eigenvalue weighted by Crippen LogP contribution is -2.51. The number of hydrogen-bond acceptors (Lipinski definition) is 2. The van der Waals surface area contributed by atoms with E-state index in [1.807, 2.05) is 0 Å². The zero-order chi connectivity index (χ0) is 11.7. The molecule has 0 bridgehead atoms. The fraction of sp³-hybridized carbons (Fsp3) is 0.933. The smallest absolute Gasteiger partial charge is 0.107 e. The highest BCUT2D eigenvalue weighted by Crippen LogP contribution is 2.46. The molecule has 0 aromatic carbocycles. The molecular formula is C15H24N2. The highest BCUT2D eigenvalue weighted by atomic mass is 15.0. The average molecular weight is 232 g/mol. The minimum Gasteiger partial charge on any atom is -0.297 e. The summed E-state index contributed by atoms with van der Waals surface area (Å²) in [6.07, 6.45) is 13.0. The topological polar surface area (TPSA) is 35.8 Å². The normalized spacial score (nSPS) is 39.1. The minimum atomic E-state index is -0.166. The van der Waals surface area contributed by atoms with Gasteiger partial charge in [0.15, 0.2) is 0 Å². The Morgan fingerprint density at radius 3 is 2.35 bits per heavy atom. The lowest BCUT2D eigenvalue weighted by molar-refractivity contribution is 0.195. The van der Waals surface area contributed by atoms with Crippen LogP contribution in [-0.2, 0) is 0 Å². The molecule has 2 heteroatoms. The van der Waals surface area contributed by atoms with Crippen molar-refractivity contribution in [3.63, 3.8) is 0 Å². The largest absolute Gasteiger partial charge is 0.297 e. The fourth-order valence-corrected chi connectivity index (χ4v) is 4.01. The van der Waals surface area contributed by atoms with Crippen LogP contribution in [0.3, 0.4) is 0 Å². The molecule has 0 radical (unpaired) electrons. The molecule has 0 saturated heterocycles. The van der Waals surface area contributed by atoms with Gasteiger partial charge in [-0.2, -0.15) is 5.26 Å². The number of rotatable bonds is 3. The highest BCUT2D eigenvalue weighted by Gasteiger charge is 2.43. The second-order valence-electron chi connectivity index (χ2n) is 6.51. The number of nitrogens with one attached hydrogen (secondary N) is 1. The number of nitriles is 1. The molecule has 1 N–H and O–H groups in total. The molecule has 0 aromatic rings. The van der Waals surface area contributed by atoms with Gasteiger partial charge in [0, 0.05) is 6.04 Å². The van der Waals surface area contributed by atoms with E-state index in [0.29, 0.717) is 6.04 Å². The summed E-state index contributed by atoms with van der Waals surface area (Å²) in [4.78, 5) is 0. The monoisotopic (exact) mass is 232 g/mol. The quantitative estimate of drug-likeness (QED) is 0.809. The summed E-state index contributed by atoms with van der Waals surface area (Å²) in [7, 11) is 0. The van der Waals surface area contributed by atoms with Gasteiger partial charge in [0.2, 0.25) is 0 Å². The van der Waals surface area contributed by atoms with Gasteiger partial charge in [0.1, 0.15) is 5.54 Å². The summed E-state index contributed by atoms with van der Waals surface area (Å²) in [6.45, 7) is 0. The molecule has 3 aliphatic carbocycles. The van der Waals surface area contributed by atoms with Crippen molar-refractivity contribution in [3.8, 4) is 6.07 Å². The van der Waals surface area contributed by atoms with Crippen LogP contribution in [0, 0.1) is 23.2 Å². The summed E-state index contributed by atoms with van der Waals surface area (Å²) in [5.74, 6) is 1.81. The van der Waals surface area contributed by atoms with E-state index in [-0.39, 0.29) is 5.54 Å². The van der Waals surface area contributed by atoms with Crippen molar-refractivity contribution in [2.45, 2.75) is 75.8 Å². The van der Waals surface area contributed by atoms with Crippen LogP contribution in [0.25, 0.3) is 0 Å². The molecule has 2 atom stereocenters. The summed E-state index contributed by atoms with van der Waals surface area (Å²) in [5, 5.41) is 13.3. The first-order valence-corrected chi connectivity index (χ1v) is 7.50. The van der Waals surface area contributed by atoms with Crippen molar-refractivity contribution >= 4 is 0 Å². The second kappa shape index (κ2) is 4.61. The molecule has 3 fully saturated rings. The molecule has 3 rings (SSSR count). The van der Waals surface area contributed by atoms with E-state index < -0.39 is 0 Å². The first-order valence-electron chi connectivity index (χ1n) is 7.50. The van der Waals surface area contributed by atoms with E-state index in [1.165, 1.54) is 51.4 Å².